The van der Waals surface area contributed by atoms with Crippen molar-refractivity contribution in [3.63, 3.8) is 0 Å². The van der Waals surface area contributed by atoms with Crippen LogP contribution in [0.3, 0.4) is 0 Å². The molecule has 0 atom stereocenters. The summed E-state index contributed by atoms with van der Waals surface area (Å²) in [5.74, 6) is 3.57. The van der Waals surface area contributed by atoms with Crippen molar-refractivity contribution in [2.45, 2.75) is 97.3 Å². The van der Waals surface area contributed by atoms with Gasteiger partial charge >= 0.3 is 0 Å². The summed E-state index contributed by atoms with van der Waals surface area (Å²) in [7, 11) is 0. The smallest absolute Gasteiger partial charge is 0.155 e. The van der Waals surface area contributed by atoms with Gasteiger partial charge in [0.2, 0.25) is 0 Å². The van der Waals surface area contributed by atoms with Crippen LogP contribution in [0.1, 0.15) is 102 Å². The van der Waals surface area contributed by atoms with Crippen LogP contribution < -0.4 is 0 Å². The number of aromatic nitrogens is 8. The molecule has 0 aliphatic heterocycles. The zero-order valence-corrected chi connectivity index (χ0v) is 26.4. The molecular formula is C31H40N8Pt. The van der Waals surface area contributed by atoms with Crippen LogP contribution in [0.15, 0.2) is 49.1 Å². The third-order valence-corrected chi connectivity index (χ3v) is 9.21. The van der Waals surface area contributed by atoms with Gasteiger partial charge in [-0.1, -0.05) is 51.7 Å². The van der Waals surface area contributed by atoms with Crippen LogP contribution in [0.2, 0.25) is 0 Å². The van der Waals surface area contributed by atoms with Gasteiger partial charge in [-0.15, -0.1) is 0 Å². The van der Waals surface area contributed by atoms with Crippen LogP contribution in [-0.4, -0.2) is 39.5 Å². The van der Waals surface area contributed by atoms with Crippen molar-refractivity contribution < 1.29 is 21.1 Å². The molecule has 0 aromatic carbocycles. The number of hydrogen-bond acceptors (Lipinski definition) is 6. The molecule has 40 heavy (non-hydrogen) atoms. The van der Waals surface area contributed by atoms with Gasteiger partial charge in [0.05, 0.1) is 11.4 Å². The first-order valence-corrected chi connectivity index (χ1v) is 14.5. The molecule has 0 bridgehead atoms. The van der Waals surface area contributed by atoms with Gasteiger partial charge in [0.25, 0.3) is 0 Å². The molecule has 9 heteroatoms. The molecule has 2 aliphatic rings. The van der Waals surface area contributed by atoms with Gasteiger partial charge in [-0.25, -0.2) is 19.9 Å². The van der Waals surface area contributed by atoms with Crippen LogP contribution in [0.5, 0.6) is 0 Å². The van der Waals surface area contributed by atoms with E-state index in [1.54, 1.807) is 12.7 Å². The van der Waals surface area contributed by atoms with Gasteiger partial charge < -0.3 is 0 Å². The molecule has 0 saturated heterocycles. The Balaban J connectivity index is 0.00000323. The van der Waals surface area contributed by atoms with Crippen LogP contribution in [0, 0.1) is 10.8 Å². The maximum absolute atomic E-state index is 5.09. The maximum atomic E-state index is 5.09. The molecule has 0 amide bonds. The summed E-state index contributed by atoms with van der Waals surface area (Å²) in [6.45, 7) is 9.10. The first kappa shape index (κ1) is 28.8. The second kappa shape index (κ2) is 11.3. The van der Waals surface area contributed by atoms with Gasteiger partial charge in [-0.2, -0.15) is 19.6 Å². The Morgan fingerprint density at radius 2 is 1.07 bits per heavy atom. The van der Waals surface area contributed by atoms with Crippen molar-refractivity contribution in [2.24, 2.45) is 10.8 Å². The molecule has 0 N–H and O–H groups in total. The second-order valence-electron chi connectivity index (χ2n) is 13.0. The normalized spacial score (nSPS) is 18.1. The molecule has 6 rings (SSSR count). The maximum Gasteiger partial charge on any atom is 0.155 e. The molecule has 0 unspecified atom stereocenters. The first-order chi connectivity index (χ1) is 18.7. The zero-order valence-electron chi connectivity index (χ0n) is 24.1. The Labute approximate surface area is 251 Å². The first-order valence-electron chi connectivity index (χ1n) is 14.5. The number of nitrogens with zero attached hydrogens (tertiary/aromatic N) is 8. The molecule has 2 fully saturated rings. The molecule has 0 radical (unpaired) electrons. The van der Waals surface area contributed by atoms with Crippen molar-refractivity contribution in [1.82, 2.24) is 39.5 Å². The minimum absolute atomic E-state index is 0. The standard InChI is InChI=1S/C31H40N8.Pt/c1-29(2,23-11-9-13-25(36-23)38-27(32-21-34-38)19-30(3)15-5-6-16-30)24-12-10-14-26(37-24)39-28(33-22-35-39)20-31(4)17-7-8-18-31;/h9-14,21-22H,5-8,15-20H2,1-4H3;. The number of rotatable bonds is 8. The van der Waals surface area contributed by atoms with Gasteiger partial charge in [0.1, 0.15) is 24.3 Å². The van der Waals surface area contributed by atoms with E-state index in [0.717, 1.165) is 47.5 Å². The third-order valence-electron chi connectivity index (χ3n) is 9.21. The van der Waals surface area contributed by atoms with Crippen LogP contribution in [0.4, 0.5) is 0 Å². The molecular weight excluding hydrogens is 679 g/mol. The minimum atomic E-state index is -0.428. The fourth-order valence-corrected chi connectivity index (χ4v) is 6.64. The summed E-state index contributed by atoms with van der Waals surface area (Å²) < 4.78 is 3.83. The van der Waals surface area contributed by atoms with Crippen molar-refractivity contribution in [1.29, 1.82) is 0 Å². The Hall–Kier alpha value is -2.73. The molecule has 4 heterocycles. The van der Waals surface area contributed by atoms with E-state index in [2.05, 4.69) is 72.1 Å². The van der Waals surface area contributed by atoms with Crippen molar-refractivity contribution in [3.05, 3.63) is 72.1 Å². The summed E-state index contributed by atoms with van der Waals surface area (Å²) in [6, 6.07) is 12.3. The summed E-state index contributed by atoms with van der Waals surface area (Å²) >= 11 is 0. The third kappa shape index (κ3) is 5.70. The number of hydrogen-bond donors (Lipinski definition) is 0. The summed E-state index contributed by atoms with van der Waals surface area (Å²) in [5, 5.41) is 9.14. The Morgan fingerprint density at radius 3 is 1.48 bits per heavy atom. The fourth-order valence-electron chi connectivity index (χ4n) is 6.64. The van der Waals surface area contributed by atoms with Crippen LogP contribution >= 0.6 is 0 Å². The molecule has 8 nitrogen and oxygen atoms in total. The van der Waals surface area contributed by atoms with Crippen molar-refractivity contribution >= 4 is 0 Å². The van der Waals surface area contributed by atoms with E-state index < -0.39 is 5.41 Å². The van der Waals surface area contributed by atoms with E-state index >= 15 is 0 Å². The molecule has 214 valence electrons. The zero-order chi connectivity index (χ0) is 27.1. The SMILES string of the molecule is CC1(Cc2ncnn2-c2cccc(C(C)(C)c3cccc(-n4ncnc4CC4(C)CCCC4)n3)n2)CCCC1.[Pt]. The minimum Gasteiger partial charge on any atom is -0.233 e. The average molecular weight is 720 g/mol. The van der Waals surface area contributed by atoms with Gasteiger partial charge in [0.15, 0.2) is 11.6 Å². The van der Waals surface area contributed by atoms with Crippen molar-refractivity contribution in [3.8, 4) is 11.6 Å². The monoisotopic (exact) mass is 719 g/mol. The average Bonchev–Trinajstić information content (AvgIpc) is 3.74. The largest absolute Gasteiger partial charge is 0.233 e. The quantitative estimate of drug-likeness (QED) is 0.216. The van der Waals surface area contributed by atoms with E-state index in [9.17, 15) is 0 Å². The van der Waals surface area contributed by atoms with Crippen molar-refractivity contribution in [2.75, 3.05) is 0 Å². The van der Waals surface area contributed by atoms with Gasteiger partial charge in [-0.3, -0.25) is 0 Å². The molecule has 0 spiro atoms. The predicted molar refractivity (Wildman–Crippen MR) is 151 cm³/mol. The molecule has 4 aromatic heterocycles. The molecule has 4 aromatic rings. The predicted octanol–water partition coefficient (Wildman–Crippen LogP) is 6.21. The van der Waals surface area contributed by atoms with E-state index in [1.165, 1.54) is 51.4 Å². The van der Waals surface area contributed by atoms with E-state index in [1.807, 2.05) is 21.5 Å². The fraction of sp³-hybridized carbons (Fsp3) is 0.548. The number of pyridine rings is 2. The summed E-state index contributed by atoms with van der Waals surface area (Å²) in [6.07, 6.45) is 15.3. The van der Waals surface area contributed by atoms with Gasteiger partial charge in [0, 0.05) is 39.3 Å². The van der Waals surface area contributed by atoms with E-state index in [-0.39, 0.29) is 21.1 Å². The van der Waals surface area contributed by atoms with Crippen LogP contribution in [0.25, 0.3) is 11.6 Å². The van der Waals surface area contributed by atoms with Crippen LogP contribution in [-0.2, 0) is 39.3 Å². The van der Waals surface area contributed by atoms with E-state index in [4.69, 9.17) is 9.97 Å². The Kier molecular flexibility index (Phi) is 8.11. The summed E-state index contributed by atoms with van der Waals surface area (Å²) in [4.78, 5) is 19.4. The molecule has 2 saturated carbocycles. The Morgan fingerprint density at radius 1 is 0.675 bits per heavy atom. The second-order valence-corrected chi connectivity index (χ2v) is 13.0. The Bertz CT molecular complexity index is 1340. The topological polar surface area (TPSA) is 87.2 Å². The molecule has 2 aliphatic carbocycles. The van der Waals surface area contributed by atoms with Gasteiger partial charge in [-0.05, 0) is 74.6 Å². The summed E-state index contributed by atoms with van der Waals surface area (Å²) in [5.41, 5.74) is 2.04. The van der Waals surface area contributed by atoms with E-state index in [0.29, 0.717) is 10.8 Å².